The Kier molecular flexibility index (Phi) is 5.25. The Hall–Kier alpha value is -5.38. The maximum Gasteiger partial charge on any atom is 0.137 e. The SMILES string of the molecule is CC1(C)c2ccccc2-c2ccc(N(c3ccc4c(ccc5sc6ccccc6c54)c3)c3ccc4c(c3)oc3ccccc34)cc21. The van der Waals surface area contributed by atoms with Crippen LogP contribution in [-0.4, -0.2) is 0 Å². The Balaban J connectivity index is 1.20. The first kappa shape index (κ1) is 25.9. The fourth-order valence-electron chi connectivity index (χ4n) is 7.81. The Morgan fingerprint density at radius 3 is 2.09 bits per heavy atom. The smallest absolute Gasteiger partial charge is 0.137 e. The van der Waals surface area contributed by atoms with Crippen molar-refractivity contribution in [1.82, 2.24) is 0 Å². The van der Waals surface area contributed by atoms with Crippen molar-refractivity contribution >= 4 is 81.3 Å². The van der Waals surface area contributed by atoms with Crippen LogP contribution in [0.3, 0.4) is 0 Å². The van der Waals surface area contributed by atoms with Gasteiger partial charge >= 0.3 is 0 Å². The number of anilines is 3. The van der Waals surface area contributed by atoms with E-state index in [0.717, 1.165) is 39.0 Å². The molecular formula is C43H29NOS. The Bertz CT molecular complexity index is 2690. The molecule has 46 heavy (non-hydrogen) atoms. The van der Waals surface area contributed by atoms with Gasteiger partial charge in [0.05, 0.1) is 0 Å². The Morgan fingerprint density at radius 2 is 1.17 bits per heavy atom. The molecule has 1 aliphatic rings. The van der Waals surface area contributed by atoms with Gasteiger partial charge in [-0.25, -0.2) is 0 Å². The standard InChI is InChI=1S/C43H29NOS/c1-43(2)36-12-6-3-9-31(36)32-20-17-28(24-37(32)43)44(29-18-21-34-33-10-4-7-13-38(33)45-39(34)25-29)27-16-19-30-26(23-27)15-22-41-42(30)35-11-5-8-14-40(35)46-41/h3-25H,1-2H3. The van der Waals surface area contributed by atoms with Crippen LogP contribution in [0.2, 0.25) is 0 Å². The quantitative estimate of drug-likeness (QED) is 0.199. The van der Waals surface area contributed by atoms with E-state index in [-0.39, 0.29) is 5.41 Å². The van der Waals surface area contributed by atoms with Crippen molar-refractivity contribution in [2.24, 2.45) is 0 Å². The van der Waals surface area contributed by atoms with Gasteiger partial charge in [0.25, 0.3) is 0 Å². The van der Waals surface area contributed by atoms with Crippen LogP contribution in [-0.2, 0) is 5.41 Å². The number of furan rings is 1. The first-order valence-electron chi connectivity index (χ1n) is 15.8. The summed E-state index contributed by atoms with van der Waals surface area (Å²) in [6, 6.07) is 51.0. The van der Waals surface area contributed by atoms with E-state index in [1.54, 1.807) is 0 Å². The summed E-state index contributed by atoms with van der Waals surface area (Å²) >= 11 is 1.87. The zero-order valence-corrected chi connectivity index (χ0v) is 26.4. The zero-order chi connectivity index (χ0) is 30.6. The molecule has 218 valence electrons. The van der Waals surface area contributed by atoms with Gasteiger partial charge in [-0.05, 0) is 87.6 Å². The van der Waals surface area contributed by atoms with Gasteiger partial charge in [0.2, 0.25) is 0 Å². The lowest BCUT2D eigenvalue weighted by Crippen LogP contribution is -2.16. The molecular weight excluding hydrogens is 579 g/mol. The minimum atomic E-state index is -0.0920. The van der Waals surface area contributed by atoms with Crippen molar-refractivity contribution < 1.29 is 4.42 Å². The number of fused-ring (bicyclic) bond motifs is 11. The minimum absolute atomic E-state index is 0.0920. The molecule has 0 unspecified atom stereocenters. The summed E-state index contributed by atoms with van der Waals surface area (Å²) in [6.07, 6.45) is 0. The van der Waals surface area contributed by atoms with Gasteiger partial charge in [0, 0.05) is 59.5 Å². The average molecular weight is 608 g/mol. The monoisotopic (exact) mass is 607 g/mol. The van der Waals surface area contributed by atoms with Crippen molar-refractivity contribution in [3.63, 3.8) is 0 Å². The summed E-state index contributed by atoms with van der Waals surface area (Å²) in [6.45, 7) is 4.69. The van der Waals surface area contributed by atoms with E-state index in [9.17, 15) is 0 Å². The topological polar surface area (TPSA) is 16.4 Å². The van der Waals surface area contributed by atoms with Gasteiger partial charge in [0.15, 0.2) is 0 Å². The van der Waals surface area contributed by atoms with Crippen molar-refractivity contribution in [2.45, 2.75) is 19.3 Å². The number of rotatable bonds is 3. The second-order valence-corrected chi connectivity index (χ2v) is 14.0. The summed E-state index contributed by atoms with van der Waals surface area (Å²) in [5.74, 6) is 0. The summed E-state index contributed by atoms with van der Waals surface area (Å²) in [7, 11) is 0. The van der Waals surface area contributed by atoms with Gasteiger partial charge in [-0.15, -0.1) is 11.3 Å². The Labute approximate surface area is 270 Å². The second-order valence-electron chi connectivity index (χ2n) is 13.0. The summed E-state index contributed by atoms with van der Waals surface area (Å²) in [5, 5.41) is 7.47. The van der Waals surface area contributed by atoms with Crippen molar-refractivity contribution in [2.75, 3.05) is 4.90 Å². The molecule has 0 saturated carbocycles. The van der Waals surface area contributed by atoms with Crippen LogP contribution in [0.25, 0.3) is 64.0 Å². The van der Waals surface area contributed by atoms with E-state index in [1.165, 1.54) is 53.2 Å². The summed E-state index contributed by atoms with van der Waals surface area (Å²) < 4.78 is 9.05. The average Bonchev–Trinajstić information content (AvgIpc) is 3.73. The predicted octanol–water partition coefficient (Wildman–Crippen LogP) is 12.9. The number of para-hydroxylation sites is 1. The van der Waals surface area contributed by atoms with Crippen LogP contribution in [0.4, 0.5) is 17.1 Å². The third-order valence-electron chi connectivity index (χ3n) is 10.0. The molecule has 0 amide bonds. The molecule has 7 aromatic carbocycles. The van der Waals surface area contributed by atoms with Crippen LogP contribution in [0.5, 0.6) is 0 Å². The molecule has 0 saturated heterocycles. The number of nitrogens with zero attached hydrogens (tertiary/aromatic N) is 1. The number of hydrogen-bond donors (Lipinski definition) is 0. The maximum atomic E-state index is 6.39. The third-order valence-corrected chi connectivity index (χ3v) is 11.2. The minimum Gasteiger partial charge on any atom is -0.456 e. The fourth-order valence-corrected chi connectivity index (χ4v) is 8.93. The highest BCUT2D eigenvalue weighted by Crippen LogP contribution is 2.51. The van der Waals surface area contributed by atoms with Crippen LogP contribution in [0, 0.1) is 0 Å². The highest BCUT2D eigenvalue weighted by Gasteiger charge is 2.35. The highest BCUT2D eigenvalue weighted by atomic mass is 32.1. The van der Waals surface area contributed by atoms with E-state index in [1.807, 2.05) is 23.5 Å². The van der Waals surface area contributed by atoms with Crippen molar-refractivity contribution in [3.8, 4) is 11.1 Å². The molecule has 10 rings (SSSR count). The predicted molar refractivity (Wildman–Crippen MR) is 196 cm³/mol. The van der Waals surface area contributed by atoms with Gasteiger partial charge in [-0.2, -0.15) is 0 Å². The molecule has 9 aromatic rings. The fraction of sp³-hybridized carbons (Fsp3) is 0.0698. The first-order valence-corrected chi connectivity index (χ1v) is 16.7. The normalized spacial score (nSPS) is 13.6. The Morgan fingerprint density at radius 1 is 0.500 bits per heavy atom. The highest BCUT2D eigenvalue weighted by molar-refractivity contribution is 7.26. The summed E-state index contributed by atoms with van der Waals surface area (Å²) in [4.78, 5) is 2.39. The van der Waals surface area contributed by atoms with E-state index >= 15 is 0 Å². The van der Waals surface area contributed by atoms with Crippen molar-refractivity contribution in [1.29, 1.82) is 0 Å². The first-order chi connectivity index (χ1) is 22.5. The number of benzene rings is 7. The molecule has 2 nitrogen and oxygen atoms in total. The van der Waals surface area contributed by atoms with Gasteiger partial charge in [-0.1, -0.05) is 92.7 Å². The van der Waals surface area contributed by atoms with Crippen LogP contribution >= 0.6 is 11.3 Å². The third kappa shape index (κ3) is 3.58. The van der Waals surface area contributed by atoms with E-state index in [2.05, 4.69) is 146 Å². The molecule has 2 heterocycles. The largest absolute Gasteiger partial charge is 0.456 e. The van der Waals surface area contributed by atoms with Crippen LogP contribution < -0.4 is 4.90 Å². The molecule has 3 heteroatoms. The molecule has 0 atom stereocenters. The summed E-state index contributed by atoms with van der Waals surface area (Å²) in [5.41, 5.74) is 10.4. The lowest BCUT2D eigenvalue weighted by Gasteiger charge is -2.28. The molecule has 2 aromatic heterocycles. The van der Waals surface area contributed by atoms with E-state index in [4.69, 9.17) is 4.42 Å². The van der Waals surface area contributed by atoms with Crippen LogP contribution in [0.1, 0.15) is 25.0 Å². The van der Waals surface area contributed by atoms with Crippen LogP contribution in [0.15, 0.2) is 144 Å². The molecule has 0 bridgehead atoms. The van der Waals surface area contributed by atoms with E-state index in [0.29, 0.717) is 0 Å². The van der Waals surface area contributed by atoms with Gasteiger partial charge in [-0.3, -0.25) is 0 Å². The van der Waals surface area contributed by atoms with E-state index < -0.39 is 0 Å². The molecule has 0 aliphatic heterocycles. The molecule has 0 N–H and O–H groups in total. The molecule has 0 fully saturated rings. The maximum absolute atomic E-state index is 6.39. The lowest BCUT2D eigenvalue weighted by atomic mass is 9.82. The zero-order valence-electron chi connectivity index (χ0n) is 25.5. The van der Waals surface area contributed by atoms with Gasteiger partial charge in [0.1, 0.15) is 11.2 Å². The second kappa shape index (κ2) is 9.32. The molecule has 1 aliphatic carbocycles. The lowest BCUT2D eigenvalue weighted by molar-refractivity contribution is 0.660. The molecule has 0 radical (unpaired) electrons. The number of hydrogen-bond acceptors (Lipinski definition) is 3. The number of thiophene rings is 1. The van der Waals surface area contributed by atoms with Gasteiger partial charge < -0.3 is 9.32 Å². The molecule has 0 spiro atoms. The van der Waals surface area contributed by atoms with Crippen molar-refractivity contribution in [3.05, 3.63) is 151 Å².